The van der Waals surface area contributed by atoms with Crippen LogP contribution in [0.4, 0.5) is 0 Å². The van der Waals surface area contributed by atoms with E-state index in [1.54, 1.807) is 0 Å². The summed E-state index contributed by atoms with van der Waals surface area (Å²) < 4.78 is 24.6. The van der Waals surface area contributed by atoms with Gasteiger partial charge < -0.3 is 0 Å². The van der Waals surface area contributed by atoms with Crippen molar-refractivity contribution in [3.8, 4) is 0 Å². The van der Waals surface area contributed by atoms with Crippen molar-refractivity contribution in [2.45, 2.75) is 36.2 Å². The van der Waals surface area contributed by atoms with E-state index in [9.17, 15) is 8.42 Å². The number of hydrogen-bond donors (Lipinski definition) is 0. The van der Waals surface area contributed by atoms with Gasteiger partial charge in [-0.2, -0.15) is 0 Å². The number of rotatable bonds is 1. The molecule has 2 atom stereocenters. The zero-order valence-corrected chi connectivity index (χ0v) is 12.5. The monoisotopic (exact) mass is 299 g/mol. The van der Waals surface area contributed by atoms with Crippen LogP contribution in [0.25, 0.3) is 16.5 Å². The standard InChI is InChI=1S/C17H17NO2S/c19-21(20)14-5-3-6-15(21)11-13(10-14)17-9-8-12-4-1-2-7-16(12)18-17/h1-2,4,7-10,14-15H,3,5-6,11H2. The zero-order valence-electron chi connectivity index (χ0n) is 11.7. The van der Waals surface area contributed by atoms with Crippen LogP contribution in [0.5, 0.6) is 0 Å². The molecule has 3 nitrogen and oxygen atoms in total. The Morgan fingerprint density at radius 3 is 2.76 bits per heavy atom. The fraction of sp³-hybridized carbons (Fsp3) is 0.353. The first-order valence-corrected chi connectivity index (χ1v) is 9.05. The van der Waals surface area contributed by atoms with Crippen molar-refractivity contribution in [2.24, 2.45) is 0 Å². The number of fused-ring (bicyclic) bond motifs is 3. The van der Waals surface area contributed by atoms with Crippen molar-refractivity contribution in [1.29, 1.82) is 0 Å². The molecule has 0 saturated carbocycles. The van der Waals surface area contributed by atoms with Gasteiger partial charge in [-0.3, -0.25) is 0 Å². The highest BCUT2D eigenvalue weighted by Crippen LogP contribution is 2.38. The van der Waals surface area contributed by atoms with Gasteiger partial charge in [0.05, 0.1) is 21.7 Å². The maximum Gasteiger partial charge on any atom is 0.159 e. The minimum absolute atomic E-state index is 0.204. The summed E-state index contributed by atoms with van der Waals surface area (Å²) in [6.45, 7) is 0. The zero-order chi connectivity index (χ0) is 14.4. The number of benzene rings is 1. The van der Waals surface area contributed by atoms with E-state index in [0.717, 1.165) is 41.4 Å². The number of pyridine rings is 1. The summed E-state index contributed by atoms with van der Waals surface area (Å²) in [5, 5.41) is 0.614. The van der Waals surface area contributed by atoms with Gasteiger partial charge in [0.2, 0.25) is 0 Å². The number of sulfone groups is 1. The Morgan fingerprint density at radius 2 is 1.90 bits per heavy atom. The molecule has 2 aliphatic heterocycles. The first-order chi connectivity index (χ1) is 10.1. The lowest BCUT2D eigenvalue weighted by Crippen LogP contribution is -2.38. The molecule has 108 valence electrons. The topological polar surface area (TPSA) is 47.0 Å². The summed E-state index contributed by atoms with van der Waals surface area (Å²) in [6.07, 6.45) is 5.13. The van der Waals surface area contributed by atoms with Gasteiger partial charge in [0.1, 0.15) is 0 Å². The number of aromatic nitrogens is 1. The number of allylic oxidation sites excluding steroid dienone is 1. The highest BCUT2D eigenvalue weighted by molar-refractivity contribution is 7.93. The molecule has 4 rings (SSSR count). The summed E-state index contributed by atoms with van der Waals surface area (Å²) in [7, 11) is -2.95. The second kappa shape index (κ2) is 4.67. The van der Waals surface area contributed by atoms with Crippen LogP contribution in [0.15, 0.2) is 42.5 Å². The van der Waals surface area contributed by atoms with E-state index >= 15 is 0 Å². The summed E-state index contributed by atoms with van der Waals surface area (Å²) in [4.78, 5) is 4.71. The molecule has 0 aliphatic carbocycles. The van der Waals surface area contributed by atoms with Crippen molar-refractivity contribution in [1.82, 2.24) is 4.98 Å². The summed E-state index contributed by atoms with van der Waals surface area (Å²) >= 11 is 0. The molecule has 4 heteroatoms. The number of para-hydroxylation sites is 1. The molecule has 0 radical (unpaired) electrons. The van der Waals surface area contributed by atoms with Crippen molar-refractivity contribution >= 4 is 26.3 Å². The second-order valence-corrected chi connectivity index (χ2v) is 8.42. The van der Waals surface area contributed by atoms with Crippen LogP contribution in [-0.2, 0) is 9.84 Å². The van der Waals surface area contributed by atoms with E-state index in [-0.39, 0.29) is 10.5 Å². The average molecular weight is 299 g/mol. The molecule has 2 bridgehead atoms. The first kappa shape index (κ1) is 13.0. The van der Waals surface area contributed by atoms with E-state index in [1.807, 2.05) is 36.4 Å². The summed E-state index contributed by atoms with van der Waals surface area (Å²) in [5.41, 5.74) is 3.00. The third kappa shape index (κ3) is 2.09. The Labute approximate surface area is 124 Å². The Kier molecular flexibility index (Phi) is 2.89. The van der Waals surface area contributed by atoms with Crippen molar-refractivity contribution in [3.05, 3.63) is 48.2 Å². The van der Waals surface area contributed by atoms with Crippen LogP contribution in [-0.4, -0.2) is 23.9 Å². The van der Waals surface area contributed by atoms with Gasteiger partial charge in [0.15, 0.2) is 9.84 Å². The molecule has 1 aromatic heterocycles. The Balaban J connectivity index is 1.80. The van der Waals surface area contributed by atoms with Crippen LogP contribution in [0.3, 0.4) is 0 Å². The van der Waals surface area contributed by atoms with Gasteiger partial charge >= 0.3 is 0 Å². The smallest absolute Gasteiger partial charge is 0.159 e. The molecule has 1 aromatic carbocycles. The van der Waals surface area contributed by atoms with Crippen LogP contribution >= 0.6 is 0 Å². The normalized spacial score (nSPS) is 27.3. The highest BCUT2D eigenvalue weighted by Gasteiger charge is 2.40. The van der Waals surface area contributed by atoms with Crippen LogP contribution in [0, 0.1) is 0 Å². The van der Waals surface area contributed by atoms with Crippen molar-refractivity contribution < 1.29 is 8.42 Å². The predicted octanol–water partition coefficient (Wildman–Crippen LogP) is 3.36. The minimum Gasteiger partial charge on any atom is -0.248 e. The molecular weight excluding hydrogens is 282 g/mol. The van der Waals surface area contributed by atoms with Crippen LogP contribution in [0.1, 0.15) is 31.4 Å². The Morgan fingerprint density at radius 1 is 1.05 bits per heavy atom. The quantitative estimate of drug-likeness (QED) is 0.811. The largest absolute Gasteiger partial charge is 0.248 e. The molecule has 2 unspecified atom stereocenters. The maximum atomic E-state index is 12.3. The lowest BCUT2D eigenvalue weighted by atomic mass is 9.95. The molecule has 2 aliphatic rings. The van der Waals surface area contributed by atoms with E-state index in [1.165, 1.54) is 0 Å². The van der Waals surface area contributed by atoms with Gasteiger partial charge in [-0.05, 0) is 37.0 Å². The van der Waals surface area contributed by atoms with E-state index in [2.05, 4.69) is 6.07 Å². The first-order valence-electron chi connectivity index (χ1n) is 7.44. The molecule has 0 N–H and O–H groups in total. The highest BCUT2D eigenvalue weighted by atomic mass is 32.2. The second-order valence-electron chi connectivity index (χ2n) is 5.97. The van der Waals surface area contributed by atoms with Crippen LogP contribution in [0.2, 0.25) is 0 Å². The van der Waals surface area contributed by atoms with Gasteiger partial charge in [-0.15, -0.1) is 0 Å². The van der Waals surface area contributed by atoms with E-state index in [4.69, 9.17) is 4.98 Å². The lowest BCUT2D eigenvalue weighted by molar-refractivity contribution is 0.517. The average Bonchev–Trinajstić information content (AvgIpc) is 2.45. The third-order valence-electron chi connectivity index (χ3n) is 4.66. The van der Waals surface area contributed by atoms with E-state index in [0.29, 0.717) is 6.42 Å². The van der Waals surface area contributed by atoms with Gasteiger partial charge in [-0.1, -0.05) is 36.8 Å². The third-order valence-corrected chi connectivity index (χ3v) is 7.21. The fourth-order valence-electron chi connectivity index (χ4n) is 3.49. The van der Waals surface area contributed by atoms with Gasteiger partial charge in [0.25, 0.3) is 0 Å². The minimum atomic E-state index is -2.95. The maximum absolute atomic E-state index is 12.3. The van der Waals surface area contributed by atoms with Gasteiger partial charge in [0, 0.05) is 5.39 Å². The molecule has 21 heavy (non-hydrogen) atoms. The predicted molar refractivity (Wildman–Crippen MR) is 84.7 cm³/mol. The van der Waals surface area contributed by atoms with E-state index < -0.39 is 9.84 Å². The lowest BCUT2D eigenvalue weighted by Gasteiger charge is -2.33. The molecule has 0 amide bonds. The Hall–Kier alpha value is -1.68. The Bertz CT molecular complexity index is 839. The molecule has 0 spiro atoms. The summed E-state index contributed by atoms with van der Waals surface area (Å²) in [6, 6.07) is 12.1. The SMILES string of the molecule is O=S1(=O)C2C=C(c3ccc4ccccc4n3)CC1CCC2. The number of hydrogen-bond acceptors (Lipinski definition) is 3. The van der Waals surface area contributed by atoms with Crippen molar-refractivity contribution in [2.75, 3.05) is 0 Å². The summed E-state index contributed by atoms with van der Waals surface area (Å²) in [5.74, 6) is 0. The fourth-order valence-corrected chi connectivity index (χ4v) is 5.74. The molecule has 1 fully saturated rings. The molecule has 3 heterocycles. The molecule has 2 aromatic rings. The molecular formula is C17H17NO2S. The van der Waals surface area contributed by atoms with Gasteiger partial charge in [-0.25, -0.2) is 13.4 Å². The number of nitrogens with zero attached hydrogens (tertiary/aromatic N) is 1. The van der Waals surface area contributed by atoms with Crippen LogP contribution < -0.4 is 0 Å². The van der Waals surface area contributed by atoms with Crippen molar-refractivity contribution in [3.63, 3.8) is 0 Å². The molecule has 1 saturated heterocycles.